The molecule has 0 unspecified atom stereocenters. The van der Waals surface area contributed by atoms with Crippen LogP contribution in [0.1, 0.15) is 5.69 Å². The fraction of sp³-hybridized carbons (Fsp3) is 0.200. The molecule has 3 rings (SSSR count). The minimum absolute atomic E-state index is 0.554. The highest BCUT2D eigenvalue weighted by Gasteiger charge is 2.04. The molecule has 5 nitrogen and oxygen atoms in total. The molecule has 0 atom stereocenters. The third-order valence-corrected chi connectivity index (χ3v) is 3.61. The molecule has 0 fully saturated rings. The number of aryl methyl sites for hydroxylation is 1. The first-order chi connectivity index (χ1) is 10.3. The van der Waals surface area contributed by atoms with Gasteiger partial charge < -0.3 is 9.30 Å². The van der Waals surface area contributed by atoms with Gasteiger partial charge >= 0.3 is 0 Å². The number of ether oxygens (including phenoxy) is 1. The van der Waals surface area contributed by atoms with E-state index in [1.807, 2.05) is 43.8 Å². The molecule has 6 heteroatoms. The maximum atomic E-state index is 5.82. The molecular weight excluding hydrogens is 284 g/mol. The van der Waals surface area contributed by atoms with E-state index in [-0.39, 0.29) is 0 Å². The second-order valence-corrected chi connectivity index (χ2v) is 5.32. The van der Waals surface area contributed by atoms with E-state index >= 15 is 0 Å². The summed E-state index contributed by atoms with van der Waals surface area (Å²) >= 11 is 1.56. The molecule has 21 heavy (non-hydrogen) atoms. The van der Waals surface area contributed by atoms with Gasteiger partial charge in [-0.2, -0.15) is 0 Å². The number of benzene rings is 1. The van der Waals surface area contributed by atoms with Gasteiger partial charge in [0.25, 0.3) is 0 Å². The lowest BCUT2D eigenvalue weighted by molar-refractivity contribution is 0.460. The van der Waals surface area contributed by atoms with Gasteiger partial charge in [-0.3, -0.25) is 4.72 Å². The summed E-state index contributed by atoms with van der Waals surface area (Å²) in [6.07, 6.45) is 5.53. The zero-order chi connectivity index (χ0) is 14.7. The zero-order valence-corrected chi connectivity index (χ0v) is 12.7. The number of rotatable bonds is 5. The van der Waals surface area contributed by atoms with Crippen molar-refractivity contribution in [3.8, 4) is 11.6 Å². The Hall–Kier alpha value is -2.05. The van der Waals surface area contributed by atoms with Crippen LogP contribution in [0.5, 0.6) is 11.6 Å². The van der Waals surface area contributed by atoms with Crippen LogP contribution in [-0.4, -0.2) is 20.8 Å². The van der Waals surface area contributed by atoms with Gasteiger partial charge in [-0.1, -0.05) is 11.9 Å². The molecule has 2 heterocycles. The fourth-order valence-corrected chi connectivity index (χ4v) is 2.41. The molecule has 2 aromatic heterocycles. The molecule has 0 aliphatic rings. The number of fused-ring (bicyclic) bond motifs is 1. The van der Waals surface area contributed by atoms with Crippen molar-refractivity contribution in [1.82, 2.24) is 19.3 Å². The van der Waals surface area contributed by atoms with E-state index < -0.39 is 0 Å². The lowest BCUT2D eigenvalue weighted by Gasteiger charge is -2.07. The molecule has 108 valence electrons. The van der Waals surface area contributed by atoms with Crippen LogP contribution in [0.15, 0.2) is 42.9 Å². The summed E-state index contributed by atoms with van der Waals surface area (Å²) in [5.41, 5.74) is 2.07. The molecule has 0 saturated carbocycles. The Balaban J connectivity index is 1.81. The van der Waals surface area contributed by atoms with Gasteiger partial charge in [0.2, 0.25) is 5.88 Å². The molecule has 0 saturated heterocycles. The third-order valence-electron chi connectivity index (χ3n) is 3.18. The maximum absolute atomic E-state index is 5.82. The average Bonchev–Trinajstić information content (AvgIpc) is 2.86. The van der Waals surface area contributed by atoms with Crippen molar-refractivity contribution in [1.29, 1.82) is 0 Å². The Kier molecular flexibility index (Phi) is 4.08. The van der Waals surface area contributed by atoms with Crippen molar-refractivity contribution in [3.63, 3.8) is 0 Å². The molecular formula is C15H16N4OS. The Bertz CT molecular complexity index is 756. The standard InChI is InChI=1S/C15H16N4OS/c1-19-6-5-11-7-13(3-4-14(11)19)20-15-8-12(9-18-21-2)16-10-17-15/h3-8,10,18H,9H2,1-2H3. The van der Waals surface area contributed by atoms with Crippen LogP contribution >= 0.6 is 11.9 Å². The molecule has 0 spiro atoms. The van der Waals surface area contributed by atoms with Crippen molar-refractivity contribution in [2.45, 2.75) is 6.54 Å². The first kappa shape index (κ1) is 13.9. The Labute approximate surface area is 127 Å². The topological polar surface area (TPSA) is 52.0 Å². The number of aromatic nitrogens is 3. The summed E-state index contributed by atoms with van der Waals surface area (Å²) in [4.78, 5) is 8.36. The summed E-state index contributed by atoms with van der Waals surface area (Å²) < 4.78 is 11.1. The van der Waals surface area contributed by atoms with Gasteiger partial charge in [0.05, 0.1) is 5.69 Å². The van der Waals surface area contributed by atoms with Gasteiger partial charge in [0, 0.05) is 36.8 Å². The van der Waals surface area contributed by atoms with Gasteiger partial charge in [-0.25, -0.2) is 9.97 Å². The number of hydrogen-bond acceptors (Lipinski definition) is 5. The molecule has 3 aromatic rings. The smallest absolute Gasteiger partial charge is 0.222 e. The predicted octanol–water partition coefficient (Wildman–Crippen LogP) is 3.13. The number of nitrogens with zero attached hydrogens (tertiary/aromatic N) is 3. The molecule has 0 aliphatic heterocycles. The van der Waals surface area contributed by atoms with Crippen molar-refractivity contribution in [3.05, 3.63) is 48.5 Å². The van der Waals surface area contributed by atoms with E-state index in [1.54, 1.807) is 11.9 Å². The van der Waals surface area contributed by atoms with Crippen LogP contribution in [0.25, 0.3) is 10.9 Å². The lowest BCUT2D eigenvalue weighted by Crippen LogP contribution is -2.04. The third kappa shape index (κ3) is 3.17. The summed E-state index contributed by atoms with van der Waals surface area (Å²) in [6.45, 7) is 0.678. The van der Waals surface area contributed by atoms with Crippen molar-refractivity contribution < 1.29 is 4.74 Å². The van der Waals surface area contributed by atoms with Crippen LogP contribution in [0.3, 0.4) is 0 Å². The molecule has 1 N–H and O–H groups in total. The van der Waals surface area contributed by atoms with E-state index in [0.29, 0.717) is 12.4 Å². The molecule has 0 bridgehead atoms. The Morgan fingerprint density at radius 2 is 2.14 bits per heavy atom. The van der Waals surface area contributed by atoms with E-state index in [4.69, 9.17) is 4.74 Å². The van der Waals surface area contributed by atoms with Gasteiger partial charge in [-0.05, 0) is 30.5 Å². The van der Waals surface area contributed by atoms with Crippen LogP contribution < -0.4 is 9.46 Å². The zero-order valence-electron chi connectivity index (χ0n) is 11.9. The van der Waals surface area contributed by atoms with E-state index in [0.717, 1.165) is 16.8 Å². The second-order valence-electron chi connectivity index (χ2n) is 4.62. The highest BCUT2D eigenvalue weighted by molar-refractivity contribution is 7.96. The summed E-state index contributed by atoms with van der Waals surface area (Å²) in [7, 11) is 2.03. The largest absolute Gasteiger partial charge is 0.439 e. The molecule has 0 radical (unpaired) electrons. The SMILES string of the molecule is CSNCc1cc(Oc2ccc3c(ccn3C)c2)ncn1. The van der Waals surface area contributed by atoms with Crippen molar-refractivity contribution >= 4 is 22.9 Å². The maximum Gasteiger partial charge on any atom is 0.222 e. The fourth-order valence-electron chi connectivity index (χ4n) is 2.12. The van der Waals surface area contributed by atoms with Crippen molar-refractivity contribution in [2.24, 2.45) is 7.05 Å². The monoisotopic (exact) mass is 300 g/mol. The van der Waals surface area contributed by atoms with Gasteiger partial charge in [0.15, 0.2) is 0 Å². The first-order valence-electron chi connectivity index (χ1n) is 6.56. The molecule has 1 aromatic carbocycles. The van der Waals surface area contributed by atoms with E-state index in [1.165, 1.54) is 11.8 Å². The van der Waals surface area contributed by atoms with Crippen LogP contribution in [-0.2, 0) is 13.6 Å². The highest BCUT2D eigenvalue weighted by atomic mass is 32.2. The molecule has 0 aliphatic carbocycles. The lowest BCUT2D eigenvalue weighted by atomic mass is 10.2. The first-order valence-corrected chi connectivity index (χ1v) is 7.78. The summed E-state index contributed by atoms with van der Waals surface area (Å²) in [5, 5.41) is 1.15. The minimum Gasteiger partial charge on any atom is -0.439 e. The Morgan fingerprint density at radius 1 is 1.24 bits per heavy atom. The normalized spacial score (nSPS) is 11.0. The van der Waals surface area contributed by atoms with E-state index in [2.05, 4.69) is 25.3 Å². The van der Waals surface area contributed by atoms with Crippen LogP contribution in [0, 0.1) is 0 Å². The predicted molar refractivity (Wildman–Crippen MR) is 85.4 cm³/mol. The minimum atomic E-state index is 0.554. The van der Waals surface area contributed by atoms with Gasteiger partial charge in [0.1, 0.15) is 12.1 Å². The highest BCUT2D eigenvalue weighted by Crippen LogP contribution is 2.25. The Morgan fingerprint density at radius 3 is 3.00 bits per heavy atom. The van der Waals surface area contributed by atoms with Crippen molar-refractivity contribution in [2.75, 3.05) is 6.26 Å². The molecule has 0 amide bonds. The second kappa shape index (κ2) is 6.15. The average molecular weight is 300 g/mol. The quantitative estimate of drug-likeness (QED) is 0.734. The number of nitrogens with one attached hydrogen (secondary N) is 1. The summed E-state index contributed by atoms with van der Waals surface area (Å²) in [5.74, 6) is 1.33. The summed E-state index contributed by atoms with van der Waals surface area (Å²) in [6, 6.07) is 9.91. The number of hydrogen-bond donors (Lipinski definition) is 1. The van der Waals surface area contributed by atoms with Gasteiger partial charge in [-0.15, -0.1) is 0 Å². The van der Waals surface area contributed by atoms with Crippen LogP contribution in [0.4, 0.5) is 0 Å². The van der Waals surface area contributed by atoms with E-state index in [9.17, 15) is 0 Å². The van der Waals surface area contributed by atoms with Crippen LogP contribution in [0.2, 0.25) is 0 Å².